The normalized spacial score (nSPS) is 11.1. The van der Waals surface area contributed by atoms with E-state index in [1.54, 1.807) is 30.5 Å². The molecule has 5 aromatic rings. The van der Waals surface area contributed by atoms with E-state index in [2.05, 4.69) is 26.2 Å². The monoisotopic (exact) mass is 536 g/mol. The quantitative estimate of drug-likeness (QED) is 0.296. The van der Waals surface area contributed by atoms with Crippen molar-refractivity contribution in [3.05, 3.63) is 93.1 Å². The molecule has 0 fully saturated rings. The van der Waals surface area contributed by atoms with Crippen LogP contribution in [0.1, 0.15) is 0 Å². The molecule has 170 valence electrons. The topological polar surface area (TPSA) is 93.2 Å². The first-order chi connectivity index (χ1) is 16.5. The van der Waals surface area contributed by atoms with Gasteiger partial charge < -0.3 is 14.8 Å². The Kier molecular flexibility index (Phi) is 6.19. The number of aliphatic hydroxyl groups is 1. The van der Waals surface area contributed by atoms with E-state index in [1.165, 1.54) is 11.1 Å². The molecule has 0 unspecified atom stereocenters. The Morgan fingerprint density at radius 3 is 2.62 bits per heavy atom. The van der Waals surface area contributed by atoms with Crippen LogP contribution in [0.2, 0.25) is 5.02 Å². The average Bonchev–Trinajstić information content (AvgIpc) is 3.39. The second-order valence-electron chi connectivity index (χ2n) is 7.52. The Balaban J connectivity index is 1.76. The molecule has 0 aliphatic carbocycles. The maximum absolute atomic E-state index is 13.5. The summed E-state index contributed by atoms with van der Waals surface area (Å²) in [7, 11) is 0. The van der Waals surface area contributed by atoms with Crippen molar-refractivity contribution in [1.82, 2.24) is 14.8 Å². The van der Waals surface area contributed by atoms with Gasteiger partial charge in [0.15, 0.2) is 12.2 Å². The van der Waals surface area contributed by atoms with Gasteiger partial charge in [-0.2, -0.15) is 9.78 Å². The van der Waals surface area contributed by atoms with E-state index in [0.29, 0.717) is 39.8 Å². The van der Waals surface area contributed by atoms with E-state index < -0.39 is 0 Å². The Labute approximate surface area is 207 Å². The number of nitrogens with zero attached hydrogens (tertiary/aromatic N) is 3. The van der Waals surface area contributed by atoms with Crippen LogP contribution in [0.15, 0.2) is 86.9 Å². The molecule has 0 amide bonds. The van der Waals surface area contributed by atoms with Gasteiger partial charge in [-0.3, -0.25) is 4.79 Å². The SMILES string of the molecule is O=c1c2ccccc2c(-c2cc(Br)cc(-c3cnco3)c2)nn1-c1cc(NCCO)ccc1Cl. The molecule has 2 heterocycles. The first-order valence-corrected chi connectivity index (χ1v) is 11.6. The summed E-state index contributed by atoms with van der Waals surface area (Å²) in [4.78, 5) is 17.5. The Morgan fingerprint density at radius 2 is 1.85 bits per heavy atom. The van der Waals surface area contributed by atoms with Gasteiger partial charge in [-0.1, -0.05) is 45.7 Å². The number of hydrogen-bond acceptors (Lipinski definition) is 6. The number of halogens is 2. The van der Waals surface area contributed by atoms with Gasteiger partial charge in [0.2, 0.25) is 0 Å². The van der Waals surface area contributed by atoms with Crippen molar-refractivity contribution in [3.8, 4) is 28.3 Å². The third kappa shape index (κ3) is 4.23. The van der Waals surface area contributed by atoms with Gasteiger partial charge in [-0.05, 0) is 42.5 Å². The predicted octanol–water partition coefficient (Wildman–Crippen LogP) is 5.53. The molecule has 2 N–H and O–H groups in total. The van der Waals surface area contributed by atoms with Gasteiger partial charge in [-0.15, -0.1) is 0 Å². The summed E-state index contributed by atoms with van der Waals surface area (Å²) >= 11 is 10.1. The van der Waals surface area contributed by atoms with Gasteiger partial charge in [0, 0.05) is 33.2 Å². The molecule has 0 bridgehead atoms. The third-order valence-corrected chi connectivity index (χ3v) is 6.09. The largest absolute Gasteiger partial charge is 0.444 e. The number of oxazole rings is 1. The Hall–Kier alpha value is -3.46. The molecule has 0 atom stereocenters. The molecule has 0 spiro atoms. The van der Waals surface area contributed by atoms with E-state index in [4.69, 9.17) is 26.2 Å². The molecule has 5 rings (SSSR count). The molecule has 34 heavy (non-hydrogen) atoms. The lowest BCUT2D eigenvalue weighted by molar-refractivity contribution is 0.311. The van der Waals surface area contributed by atoms with Crippen LogP contribution in [0.25, 0.3) is 39.0 Å². The predicted molar refractivity (Wildman–Crippen MR) is 137 cm³/mol. The van der Waals surface area contributed by atoms with Gasteiger partial charge in [-0.25, -0.2) is 4.98 Å². The van der Waals surface area contributed by atoms with Gasteiger partial charge >= 0.3 is 0 Å². The summed E-state index contributed by atoms with van der Waals surface area (Å²) in [5.74, 6) is 0.617. The summed E-state index contributed by atoms with van der Waals surface area (Å²) in [6.07, 6.45) is 3.02. The lowest BCUT2D eigenvalue weighted by Crippen LogP contribution is -2.22. The number of hydrogen-bond donors (Lipinski definition) is 2. The van der Waals surface area contributed by atoms with E-state index in [9.17, 15) is 4.79 Å². The summed E-state index contributed by atoms with van der Waals surface area (Å²) in [5, 5.41) is 18.6. The molecule has 0 saturated heterocycles. The van der Waals surface area contributed by atoms with Crippen LogP contribution < -0.4 is 10.9 Å². The van der Waals surface area contributed by atoms with E-state index in [0.717, 1.165) is 21.0 Å². The molecule has 0 radical (unpaired) electrons. The minimum absolute atomic E-state index is 0.0211. The molecule has 0 aliphatic heterocycles. The van der Waals surface area contributed by atoms with Crippen LogP contribution in [-0.4, -0.2) is 33.0 Å². The van der Waals surface area contributed by atoms with Crippen LogP contribution in [-0.2, 0) is 0 Å². The van der Waals surface area contributed by atoms with Gasteiger partial charge in [0.25, 0.3) is 5.56 Å². The minimum atomic E-state index is -0.286. The number of benzene rings is 3. The molecule has 0 saturated carbocycles. The Morgan fingerprint density at radius 1 is 1.06 bits per heavy atom. The summed E-state index contributed by atoms with van der Waals surface area (Å²) < 4.78 is 7.62. The first-order valence-electron chi connectivity index (χ1n) is 10.4. The highest BCUT2D eigenvalue weighted by atomic mass is 79.9. The van der Waals surface area contributed by atoms with Crippen LogP contribution in [0.3, 0.4) is 0 Å². The fourth-order valence-corrected chi connectivity index (χ4v) is 4.47. The fourth-order valence-electron chi connectivity index (χ4n) is 3.78. The van der Waals surface area contributed by atoms with Gasteiger partial charge in [0.1, 0.15) is 0 Å². The maximum atomic E-state index is 13.5. The summed E-state index contributed by atoms with van der Waals surface area (Å²) in [6.45, 7) is 0.349. The highest BCUT2D eigenvalue weighted by molar-refractivity contribution is 9.10. The molecule has 0 aliphatic rings. The molecule has 9 heteroatoms. The second-order valence-corrected chi connectivity index (χ2v) is 8.84. The summed E-state index contributed by atoms with van der Waals surface area (Å²) in [5.41, 5.74) is 3.09. The van der Waals surface area contributed by atoms with Crippen LogP contribution >= 0.6 is 27.5 Å². The number of aliphatic hydroxyl groups excluding tert-OH is 1. The molecule has 3 aromatic carbocycles. The highest BCUT2D eigenvalue weighted by Gasteiger charge is 2.17. The lowest BCUT2D eigenvalue weighted by atomic mass is 10.0. The molecular weight excluding hydrogens is 520 g/mol. The highest BCUT2D eigenvalue weighted by Crippen LogP contribution is 2.33. The molecule has 7 nitrogen and oxygen atoms in total. The zero-order valence-electron chi connectivity index (χ0n) is 17.7. The minimum Gasteiger partial charge on any atom is -0.444 e. The van der Waals surface area contributed by atoms with Crippen molar-refractivity contribution < 1.29 is 9.52 Å². The number of rotatable bonds is 6. The Bertz CT molecular complexity index is 1550. The van der Waals surface area contributed by atoms with E-state index in [1.807, 2.05) is 36.4 Å². The van der Waals surface area contributed by atoms with Crippen molar-refractivity contribution in [2.45, 2.75) is 0 Å². The number of anilines is 1. The van der Waals surface area contributed by atoms with E-state index in [-0.39, 0.29) is 12.2 Å². The van der Waals surface area contributed by atoms with Crippen molar-refractivity contribution in [3.63, 3.8) is 0 Å². The molecular formula is C25H18BrClN4O3. The fraction of sp³-hybridized carbons (Fsp3) is 0.0800. The lowest BCUT2D eigenvalue weighted by Gasteiger charge is -2.14. The molecule has 2 aromatic heterocycles. The van der Waals surface area contributed by atoms with Gasteiger partial charge in [0.05, 0.1) is 34.6 Å². The maximum Gasteiger partial charge on any atom is 0.279 e. The zero-order chi connectivity index (χ0) is 23.7. The number of aromatic nitrogens is 3. The van der Waals surface area contributed by atoms with Crippen molar-refractivity contribution in [2.24, 2.45) is 0 Å². The average molecular weight is 538 g/mol. The standard InChI is InChI=1S/C25H18BrClN4O3/c26-17-10-15(23-13-28-14-34-23)9-16(11-17)24-19-3-1-2-4-20(19)25(33)31(30-24)22-12-18(29-7-8-32)5-6-21(22)27/h1-6,9-14,29,32H,7-8H2. The van der Waals surface area contributed by atoms with Crippen LogP contribution in [0, 0.1) is 0 Å². The number of nitrogens with one attached hydrogen (secondary N) is 1. The van der Waals surface area contributed by atoms with Crippen molar-refractivity contribution in [1.29, 1.82) is 0 Å². The number of fused-ring (bicyclic) bond motifs is 1. The van der Waals surface area contributed by atoms with Crippen molar-refractivity contribution in [2.75, 3.05) is 18.5 Å². The second kappa shape index (κ2) is 9.42. The van der Waals surface area contributed by atoms with Crippen LogP contribution in [0.5, 0.6) is 0 Å². The van der Waals surface area contributed by atoms with Crippen molar-refractivity contribution >= 4 is 44.0 Å². The first kappa shape index (κ1) is 22.3. The smallest absolute Gasteiger partial charge is 0.279 e. The van der Waals surface area contributed by atoms with Crippen LogP contribution in [0.4, 0.5) is 5.69 Å². The van der Waals surface area contributed by atoms with E-state index >= 15 is 0 Å². The zero-order valence-corrected chi connectivity index (χ0v) is 20.0. The third-order valence-electron chi connectivity index (χ3n) is 5.31. The summed E-state index contributed by atoms with van der Waals surface area (Å²) in [6, 6.07) is 18.4.